The van der Waals surface area contributed by atoms with Gasteiger partial charge in [0.05, 0.1) is 12.5 Å². The third-order valence-electron chi connectivity index (χ3n) is 2.91. The third kappa shape index (κ3) is 2.21. The molecule has 20 heavy (non-hydrogen) atoms. The van der Waals surface area contributed by atoms with Crippen LogP contribution in [0.15, 0.2) is 58.1 Å². The minimum atomic E-state index is -0.139. The zero-order valence-electron chi connectivity index (χ0n) is 10.8. The first-order valence-electron chi connectivity index (χ1n) is 6.05. The number of anilines is 2. The van der Waals surface area contributed by atoms with Gasteiger partial charge < -0.3 is 14.5 Å². The topological polar surface area (TPSA) is 64.4 Å². The van der Waals surface area contributed by atoms with E-state index < -0.39 is 0 Å². The van der Waals surface area contributed by atoms with Crippen molar-refractivity contribution in [3.8, 4) is 5.75 Å². The maximum atomic E-state index is 12.3. The van der Waals surface area contributed by atoms with Gasteiger partial charge in [0.15, 0.2) is 0 Å². The van der Waals surface area contributed by atoms with Crippen molar-refractivity contribution in [2.45, 2.75) is 0 Å². The highest BCUT2D eigenvalue weighted by molar-refractivity contribution is 5.81. The minimum absolute atomic E-state index is 0.139. The summed E-state index contributed by atoms with van der Waals surface area (Å²) in [4.78, 5) is 16.5. The first-order chi connectivity index (χ1) is 9.78. The Labute approximate surface area is 114 Å². The molecule has 100 valence electrons. The lowest BCUT2D eigenvalue weighted by Crippen LogP contribution is -2.08. The average Bonchev–Trinajstić information content (AvgIpc) is 2.51. The van der Waals surface area contributed by atoms with Crippen molar-refractivity contribution in [3.63, 3.8) is 0 Å². The van der Waals surface area contributed by atoms with E-state index in [2.05, 4.69) is 10.3 Å². The summed E-state index contributed by atoms with van der Waals surface area (Å²) >= 11 is 0. The smallest absolute Gasteiger partial charge is 0.216 e. The summed E-state index contributed by atoms with van der Waals surface area (Å²) in [6, 6.07) is 10.5. The van der Waals surface area contributed by atoms with Crippen LogP contribution in [0.3, 0.4) is 0 Å². The molecular formula is C15H12N2O3. The number of methoxy groups -OCH3 is 1. The fourth-order valence-corrected chi connectivity index (χ4v) is 1.90. The van der Waals surface area contributed by atoms with Gasteiger partial charge in [0.1, 0.15) is 29.1 Å². The van der Waals surface area contributed by atoms with Gasteiger partial charge in [-0.15, -0.1) is 0 Å². The number of benzene rings is 1. The van der Waals surface area contributed by atoms with Crippen LogP contribution in [0.5, 0.6) is 5.75 Å². The number of pyridine rings is 1. The van der Waals surface area contributed by atoms with Crippen molar-refractivity contribution < 1.29 is 9.15 Å². The predicted octanol–water partition coefficient (Wildman–Crippen LogP) is 2.94. The van der Waals surface area contributed by atoms with E-state index in [9.17, 15) is 4.79 Å². The number of nitrogens with zero attached hydrogens (tertiary/aromatic N) is 1. The number of nitrogens with one attached hydrogen (secondary N) is 1. The molecule has 0 aliphatic carbocycles. The second-order valence-corrected chi connectivity index (χ2v) is 4.18. The molecule has 0 fully saturated rings. The van der Waals surface area contributed by atoms with Gasteiger partial charge in [0.25, 0.3) is 0 Å². The molecular weight excluding hydrogens is 256 g/mol. The standard InChI is InChI=1S/C15H12N2O3/c1-19-10-5-6-11-13(8-10)20-9-12(15(11)18)17-14-4-2-3-7-16-14/h2-9H,1H3,(H,16,17). The van der Waals surface area contributed by atoms with Gasteiger partial charge in [-0.1, -0.05) is 6.07 Å². The Kier molecular flexibility index (Phi) is 3.09. The Bertz CT molecular complexity index is 797. The van der Waals surface area contributed by atoms with E-state index in [1.54, 1.807) is 43.6 Å². The van der Waals surface area contributed by atoms with E-state index in [-0.39, 0.29) is 5.43 Å². The van der Waals surface area contributed by atoms with Crippen molar-refractivity contribution >= 4 is 22.5 Å². The number of ether oxygens (including phenoxy) is 1. The number of hydrogen-bond donors (Lipinski definition) is 1. The van der Waals surface area contributed by atoms with Crippen molar-refractivity contribution in [2.24, 2.45) is 0 Å². The van der Waals surface area contributed by atoms with E-state index in [0.717, 1.165) is 0 Å². The molecule has 0 bridgehead atoms. The Balaban J connectivity index is 2.05. The normalized spacial score (nSPS) is 10.4. The second-order valence-electron chi connectivity index (χ2n) is 4.18. The molecule has 0 aliphatic heterocycles. The molecule has 2 aromatic heterocycles. The molecule has 1 aromatic carbocycles. The van der Waals surface area contributed by atoms with Crippen LogP contribution < -0.4 is 15.5 Å². The molecule has 0 radical (unpaired) electrons. The molecule has 0 unspecified atom stereocenters. The Morgan fingerprint density at radius 2 is 2.15 bits per heavy atom. The molecule has 1 N–H and O–H groups in total. The van der Waals surface area contributed by atoms with Crippen LogP contribution in [0, 0.1) is 0 Å². The van der Waals surface area contributed by atoms with Crippen molar-refractivity contribution in [2.75, 3.05) is 12.4 Å². The Morgan fingerprint density at radius 1 is 1.25 bits per heavy atom. The third-order valence-corrected chi connectivity index (χ3v) is 2.91. The van der Waals surface area contributed by atoms with Crippen LogP contribution in [-0.4, -0.2) is 12.1 Å². The van der Waals surface area contributed by atoms with E-state index in [1.807, 2.05) is 6.07 Å². The summed E-state index contributed by atoms with van der Waals surface area (Å²) in [5, 5.41) is 3.44. The van der Waals surface area contributed by atoms with Crippen molar-refractivity contribution in [1.82, 2.24) is 4.98 Å². The van der Waals surface area contributed by atoms with Crippen LogP contribution in [0.4, 0.5) is 11.5 Å². The summed E-state index contributed by atoms with van der Waals surface area (Å²) in [7, 11) is 1.57. The molecule has 2 heterocycles. The van der Waals surface area contributed by atoms with Crippen LogP contribution in [0.2, 0.25) is 0 Å². The molecule has 0 spiro atoms. The fourth-order valence-electron chi connectivity index (χ4n) is 1.90. The second kappa shape index (κ2) is 5.05. The first kappa shape index (κ1) is 12.2. The molecule has 3 aromatic rings. The highest BCUT2D eigenvalue weighted by Crippen LogP contribution is 2.20. The molecule has 0 saturated carbocycles. The summed E-state index contributed by atoms with van der Waals surface area (Å²) in [6.45, 7) is 0. The molecule has 0 amide bonds. The zero-order chi connectivity index (χ0) is 13.9. The lowest BCUT2D eigenvalue weighted by atomic mass is 10.2. The zero-order valence-corrected chi connectivity index (χ0v) is 10.8. The van der Waals surface area contributed by atoms with Crippen LogP contribution in [-0.2, 0) is 0 Å². The quantitative estimate of drug-likeness (QED) is 0.791. The highest BCUT2D eigenvalue weighted by atomic mass is 16.5. The molecule has 0 aliphatic rings. The van der Waals surface area contributed by atoms with Crippen molar-refractivity contribution in [3.05, 3.63) is 59.1 Å². The lowest BCUT2D eigenvalue weighted by Gasteiger charge is -2.06. The van der Waals surface area contributed by atoms with E-state index in [1.165, 1.54) is 6.26 Å². The Morgan fingerprint density at radius 3 is 2.90 bits per heavy atom. The maximum absolute atomic E-state index is 12.3. The van der Waals surface area contributed by atoms with E-state index in [0.29, 0.717) is 28.2 Å². The van der Waals surface area contributed by atoms with E-state index >= 15 is 0 Å². The summed E-state index contributed by atoms with van der Waals surface area (Å²) in [5.41, 5.74) is 0.696. The SMILES string of the molecule is COc1ccc2c(=O)c(Nc3ccccn3)coc2c1. The highest BCUT2D eigenvalue weighted by Gasteiger charge is 2.08. The monoisotopic (exact) mass is 268 g/mol. The van der Waals surface area contributed by atoms with Gasteiger partial charge in [0, 0.05) is 12.3 Å². The lowest BCUT2D eigenvalue weighted by molar-refractivity contribution is 0.414. The summed E-state index contributed by atoms with van der Waals surface area (Å²) in [6.07, 6.45) is 3.04. The van der Waals surface area contributed by atoms with Gasteiger partial charge >= 0.3 is 0 Å². The number of hydrogen-bond acceptors (Lipinski definition) is 5. The van der Waals surface area contributed by atoms with Crippen LogP contribution in [0.25, 0.3) is 11.0 Å². The van der Waals surface area contributed by atoms with Crippen LogP contribution in [0.1, 0.15) is 0 Å². The summed E-state index contributed by atoms with van der Waals surface area (Å²) in [5.74, 6) is 1.23. The number of aromatic nitrogens is 1. The van der Waals surface area contributed by atoms with Gasteiger partial charge in [-0.25, -0.2) is 4.98 Å². The number of fused-ring (bicyclic) bond motifs is 1. The maximum Gasteiger partial charge on any atom is 0.216 e. The van der Waals surface area contributed by atoms with Gasteiger partial charge in [-0.05, 0) is 24.3 Å². The molecule has 5 heteroatoms. The number of rotatable bonds is 3. The van der Waals surface area contributed by atoms with Gasteiger partial charge in [-0.3, -0.25) is 4.79 Å². The molecule has 5 nitrogen and oxygen atoms in total. The van der Waals surface area contributed by atoms with Gasteiger partial charge in [0.2, 0.25) is 5.43 Å². The average molecular weight is 268 g/mol. The van der Waals surface area contributed by atoms with Crippen molar-refractivity contribution in [1.29, 1.82) is 0 Å². The fraction of sp³-hybridized carbons (Fsp3) is 0.0667. The van der Waals surface area contributed by atoms with Crippen LogP contribution >= 0.6 is 0 Å². The largest absolute Gasteiger partial charge is 0.497 e. The molecule has 0 atom stereocenters. The Hall–Kier alpha value is -2.82. The van der Waals surface area contributed by atoms with Gasteiger partial charge in [-0.2, -0.15) is 0 Å². The molecule has 0 saturated heterocycles. The van der Waals surface area contributed by atoms with E-state index in [4.69, 9.17) is 9.15 Å². The first-order valence-corrected chi connectivity index (χ1v) is 6.05. The predicted molar refractivity (Wildman–Crippen MR) is 76.6 cm³/mol. The molecule has 3 rings (SSSR count). The summed E-state index contributed by atoms with van der Waals surface area (Å²) < 4.78 is 10.6. The minimum Gasteiger partial charge on any atom is -0.497 e.